The van der Waals surface area contributed by atoms with Crippen LogP contribution in [0.5, 0.6) is 0 Å². The van der Waals surface area contributed by atoms with E-state index >= 15 is 0 Å². The van der Waals surface area contributed by atoms with Gasteiger partial charge in [-0.1, -0.05) is 76.2 Å². The molecule has 1 atom stereocenters. The Kier molecular flexibility index (Phi) is 8.63. The van der Waals surface area contributed by atoms with E-state index in [1.807, 2.05) is 24.3 Å². The largest absolute Gasteiger partial charge is 0.345 e. The minimum Gasteiger partial charge on any atom is -0.345 e. The lowest BCUT2D eigenvalue weighted by Gasteiger charge is -2.46. The molecule has 2 aliphatic carbocycles. The number of hydrogen-bond acceptors (Lipinski definition) is 6. The summed E-state index contributed by atoms with van der Waals surface area (Å²) in [4.78, 5) is 35.1. The summed E-state index contributed by atoms with van der Waals surface area (Å²) in [6.07, 6.45) is 8.13. The Bertz CT molecular complexity index is 1510. The second-order valence-corrected chi connectivity index (χ2v) is 14.8. The van der Waals surface area contributed by atoms with Crippen LogP contribution < -0.4 is 5.32 Å². The van der Waals surface area contributed by atoms with Gasteiger partial charge in [-0.25, -0.2) is 0 Å². The van der Waals surface area contributed by atoms with Crippen molar-refractivity contribution < 1.29 is 9.59 Å². The lowest BCUT2D eigenvalue weighted by Crippen LogP contribution is -2.51. The summed E-state index contributed by atoms with van der Waals surface area (Å²) in [6, 6.07) is 16.2. The number of carbonyl (C=O) groups is 2. The summed E-state index contributed by atoms with van der Waals surface area (Å²) < 4.78 is 0. The van der Waals surface area contributed by atoms with E-state index in [1.54, 1.807) is 0 Å². The molecule has 3 aromatic rings. The van der Waals surface area contributed by atoms with Crippen molar-refractivity contribution in [2.24, 2.45) is 22.2 Å². The summed E-state index contributed by atoms with van der Waals surface area (Å²) in [5, 5.41) is 16.6. The van der Waals surface area contributed by atoms with Crippen LogP contribution in [0.4, 0.5) is 0 Å². The number of rotatable bonds is 10. The van der Waals surface area contributed by atoms with E-state index in [0.29, 0.717) is 34.9 Å². The molecule has 2 heterocycles. The van der Waals surface area contributed by atoms with Crippen molar-refractivity contribution in [1.82, 2.24) is 30.8 Å². The second-order valence-electron chi connectivity index (χ2n) is 14.8. The summed E-state index contributed by atoms with van der Waals surface area (Å²) >= 11 is 0. The number of benzene rings is 2. The van der Waals surface area contributed by atoms with Crippen LogP contribution >= 0.6 is 0 Å². The Hall–Kier alpha value is -3.88. The first-order valence-electron chi connectivity index (χ1n) is 16.7. The Labute approximate surface area is 266 Å². The third-order valence-electron chi connectivity index (χ3n) is 10.0. The SMILES string of the molecule is CC(C)C1CCC2(CC1)N=C(c1ccc(C3CC3)cc1)C(=O)N2C(CCC(C)(C)C)c1ccc(C(=O)NCc2nn[nH]n2)cc1. The Morgan fingerprint density at radius 2 is 1.71 bits per heavy atom. The molecule has 3 aliphatic rings. The Balaban J connectivity index is 1.32. The van der Waals surface area contributed by atoms with Crippen LogP contribution in [0.15, 0.2) is 53.5 Å². The molecule has 1 spiro atoms. The number of aliphatic imine (C=N–C) groups is 1. The second kappa shape index (κ2) is 12.5. The van der Waals surface area contributed by atoms with Crippen LogP contribution in [-0.4, -0.2) is 48.7 Å². The summed E-state index contributed by atoms with van der Waals surface area (Å²) in [5.74, 6) is 2.16. The van der Waals surface area contributed by atoms with Crippen LogP contribution in [0.3, 0.4) is 0 Å². The van der Waals surface area contributed by atoms with Crippen molar-refractivity contribution in [2.75, 3.05) is 0 Å². The van der Waals surface area contributed by atoms with Crippen LogP contribution in [-0.2, 0) is 11.3 Å². The van der Waals surface area contributed by atoms with Gasteiger partial charge in [0.1, 0.15) is 11.4 Å². The first-order chi connectivity index (χ1) is 21.5. The molecule has 2 amide bonds. The fourth-order valence-electron chi connectivity index (χ4n) is 7.07. The number of nitrogens with one attached hydrogen (secondary N) is 2. The smallest absolute Gasteiger partial charge is 0.275 e. The minimum absolute atomic E-state index is 0.0259. The fraction of sp³-hybridized carbons (Fsp3) is 0.556. The number of H-pyrrole nitrogens is 1. The number of tetrazole rings is 1. The predicted octanol–water partition coefficient (Wildman–Crippen LogP) is 6.75. The molecular formula is C36H47N7O2. The van der Waals surface area contributed by atoms with Gasteiger partial charge in [0.05, 0.1) is 12.6 Å². The number of nitrogens with zero attached hydrogens (tertiary/aromatic N) is 5. The van der Waals surface area contributed by atoms with Crippen LogP contribution in [0.2, 0.25) is 0 Å². The first-order valence-corrected chi connectivity index (χ1v) is 16.7. The highest BCUT2D eigenvalue weighted by atomic mass is 16.2. The monoisotopic (exact) mass is 609 g/mol. The van der Waals surface area contributed by atoms with Crippen molar-refractivity contribution in [3.63, 3.8) is 0 Å². The molecule has 6 rings (SSSR count). The summed E-state index contributed by atoms with van der Waals surface area (Å²) in [5.41, 5.74) is 3.99. The summed E-state index contributed by atoms with van der Waals surface area (Å²) in [7, 11) is 0. The first kappa shape index (κ1) is 31.1. The van der Waals surface area contributed by atoms with Crippen molar-refractivity contribution >= 4 is 17.5 Å². The van der Waals surface area contributed by atoms with Gasteiger partial charge in [-0.2, -0.15) is 5.21 Å². The topological polar surface area (TPSA) is 116 Å². The van der Waals surface area contributed by atoms with Gasteiger partial charge in [0.2, 0.25) is 0 Å². The Morgan fingerprint density at radius 3 is 2.29 bits per heavy atom. The highest BCUT2D eigenvalue weighted by molar-refractivity contribution is 6.46. The lowest BCUT2D eigenvalue weighted by molar-refractivity contribution is -0.133. The maximum absolute atomic E-state index is 14.6. The zero-order valence-electron chi connectivity index (χ0n) is 27.3. The maximum atomic E-state index is 14.6. The van der Waals surface area contributed by atoms with Gasteiger partial charge in [0.15, 0.2) is 5.82 Å². The lowest BCUT2D eigenvalue weighted by atomic mass is 9.75. The molecular weight excluding hydrogens is 562 g/mol. The maximum Gasteiger partial charge on any atom is 0.275 e. The number of aromatic amines is 1. The van der Waals surface area contributed by atoms with Crippen LogP contribution in [0.1, 0.15) is 131 Å². The molecule has 2 N–H and O–H groups in total. The van der Waals surface area contributed by atoms with Gasteiger partial charge < -0.3 is 10.2 Å². The van der Waals surface area contributed by atoms with Gasteiger partial charge in [-0.3, -0.25) is 14.6 Å². The van der Waals surface area contributed by atoms with Crippen molar-refractivity contribution in [2.45, 2.75) is 110 Å². The van der Waals surface area contributed by atoms with Crippen molar-refractivity contribution in [1.29, 1.82) is 0 Å². The number of hydrogen-bond donors (Lipinski definition) is 2. The average molecular weight is 610 g/mol. The van der Waals surface area contributed by atoms with E-state index in [4.69, 9.17) is 4.99 Å². The molecule has 2 saturated carbocycles. The fourth-order valence-corrected chi connectivity index (χ4v) is 7.07. The van der Waals surface area contributed by atoms with Crippen LogP contribution in [0, 0.1) is 17.3 Å². The van der Waals surface area contributed by atoms with Gasteiger partial charge in [0, 0.05) is 11.1 Å². The molecule has 0 radical (unpaired) electrons. The van der Waals surface area contributed by atoms with E-state index in [2.05, 4.69) is 89.7 Å². The van der Waals surface area contributed by atoms with E-state index in [9.17, 15) is 9.59 Å². The van der Waals surface area contributed by atoms with Gasteiger partial charge in [0.25, 0.3) is 11.8 Å². The molecule has 0 saturated heterocycles. The number of carbonyl (C=O) groups excluding carboxylic acids is 2. The standard InChI is InChI=1S/C36H47N7O2/c1-23(2)24-16-20-36(21-17-24)38-32(28-12-8-26(9-13-28)25-6-7-25)34(45)43(36)30(18-19-35(3,4)5)27-10-14-29(15-11-27)33(44)37-22-31-39-41-42-40-31/h8-15,23-25,30H,6-7,16-22H2,1-5H3,(H,37,44)(H,39,40,41,42). The van der Waals surface area contributed by atoms with Gasteiger partial charge in [-0.05, 0) is 97.8 Å². The van der Waals surface area contributed by atoms with E-state index in [1.165, 1.54) is 18.4 Å². The normalized spacial score (nSPS) is 22.6. The average Bonchev–Trinajstić information content (AvgIpc) is 3.67. The third kappa shape index (κ3) is 6.87. The van der Waals surface area contributed by atoms with Gasteiger partial charge >= 0.3 is 0 Å². The van der Waals surface area contributed by atoms with E-state index in [-0.39, 0.29) is 29.8 Å². The van der Waals surface area contributed by atoms with Crippen LogP contribution in [0.25, 0.3) is 0 Å². The van der Waals surface area contributed by atoms with Gasteiger partial charge in [-0.15, -0.1) is 10.2 Å². The molecule has 2 aromatic carbocycles. The van der Waals surface area contributed by atoms with Crippen molar-refractivity contribution in [3.05, 3.63) is 76.6 Å². The van der Waals surface area contributed by atoms with Crippen molar-refractivity contribution in [3.8, 4) is 0 Å². The highest BCUT2D eigenvalue weighted by Crippen LogP contribution is 2.49. The molecule has 1 aromatic heterocycles. The molecule has 9 nitrogen and oxygen atoms in total. The quantitative estimate of drug-likeness (QED) is 0.264. The third-order valence-corrected chi connectivity index (χ3v) is 10.0. The molecule has 0 bridgehead atoms. The zero-order valence-corrected chi connectivity index (χ0v) is 27.3. The molecule has 2 fully saturated rings. The molecule has 9 heteroatoms. The molecule has 1 aliphatic heterocycles. The zero-order chi connectivity index (χ0) is 31.8. The van der Waals surface area contributed by atoms with E-state index in [0.717, 1.165) is 49.7 Å². The highest BCUT2D eigenvalue weighted by Gasteiger charge is 2.52. The number of amides is 2. The molecule has 1 unspecified atom stereocenters. The Morgan fingerprint density at radius 1 is 1.02 bits per heavy atom. The van der Waals surface area contributed by atoms with E-state index < -0.39 is 5.66 Å². The predicted molar refractivity (Wildman–Crippen MR) is 175 cm³/mol. The molecule has 45 heavy (non-hydrogen) atoms. The minimum atomic E-state index is -0.559. The summed E-state index contributed by atoms with van der Waals surface area (Å²) in [6.45, 7) is 11.6. The number of aromatic nitrogens is 4. The molecule has 238 valence electrons.